The zero-order chi connectivity index (χ0) is 16.4. The maximum atomic E-state index is 11.5. The van der Waals surface area contributed by atoms with E-state index in [1.165, 1.54) is 18.9 Å². The summed E-state index contributed by atoms with van der Waals surface area (Å²) < 4.78 is 18.2. The van der Waals surface area contributed by atoms with Gasteiger partial charge >= 0.3 is 5.97 Å². The number of para-hydroxylation sites is 2. The third kappa shape index (κ3) is 3.12. The van der Waals surface area contributed by atoms with Crippen LogP contribution in [0.15, 0.2) is 29.4 Å². The maximum Gasteiger partial charge on any atom is 0.318 e. The van der Waals surface area contributed by atoms with Gasteiger partial charge in [0.15, 0.2) is 28.6 Å². The Balaban J connectivity index is 1.76. The zero-order valence-electron chi connectivity index (χ0n) is 13.1. The zero-order valence-corrected chi connectivity index (χ0v) is 13.9. The molecular formula is C15H17N3O4S. The molecule has 122 valence electrons. The fourth-order valence-corrected chi connectivity index (χ4v) is 3.08. The van der Waals surface area contributed by atoms with Gasteiger partial charge in [-0.2, -0.15) is 0 Å². The number of esters is 1. The lowest BCUT2D eigenvalue weighted by molar-refractivity contribution is -0.139. The molecule has 8 heteroatoms. The van der Waals surface area contributed by atoms with Crippen molar-refractivity contribution in [2.45, 2.75) is 23.4 Å². The minimum absolute atomic E-state index is 0.300. The lowest BCUT2D eigenvalue weighted by Gasteiger charge is -2.25. The molecule has 0 saturated heterocycles. The molecule has 1 aromatic carbocycles. The quantitative estimate of drug-likeness (QED) is 0.624. The second-order valence-electron chi connectivity index (χ2n) is 5.05. The normalized spacial score (nSPS) is 17.6. The van der Waals surface area contributed by atoms with Crippen molar-refractivity contribution in [3.05, 3.63) is 30.1 Å². The summed E-state index contributed by atoms with van der Waals surface area (Å²) in [5, 5.41) is 8.59. The van der Waals surface area contributed by atoms with Gasteiger partial charge in [-0.1, -0.05) is 23.9 Å². The van der Waals surface area contributed by atoms with Crippen LogP contribution in [0.5, 0.6) is 11.5 Å². The van der Waals surface area contributed by atoms with Gasteiger partial charge < -0.3 is 18.8 Å². The topological polar surface area (TPSA) is 75.5 Å². The summed E-state index contributed by atoms with van der Waals surface area (Å²) in [5.74, 6) is 1.76. The molecule has 1 aliphatic heterocycles. The number of carbonyl (C=O) groups excluding carboxylic acids is 1. The highest BCUT2D eigenvalue weighted by Crippen LogP contribution is 2.36. The first kappa shape index (κ1) is 15.7. The fourth-order valence-electron chi connectivity index (χ4n) is 2.23. The van der Waals surface area contributed by atoms with Crippen molar-refractivity contribution >= 4 is 17.7 Å². The molecule has 0 bridgehead atoms. The number of hydrogen-bond donors (Lipinski definition) is 0. The van der Waals surface area contributed by atoms with Crippen molar-refractivity contribution in [2.24, 2.45) is 7.05 Å². The summed E-state index contributed by atoms with van der Waals surface area (Å²) >= 11 is 1.29. The summed E-state index contributed by atoms with van der Waals surface area (Å²) in [6.45, 7) is 2.13. The van der Waals surface area contributed by atoms with Gasteiger partial charge in [-0.25, -0.2) is 0 Å². The molecule has 2 atom stereocenters. The van der Waals surface area contributed by atoms with Gasteiger partial charge in [-0.15, -0.1) is 10.2 Å². The van der Waals surface area contributed by atoms with E-state index in [2.05, 4.69) is 10.2 Å². The summed E-state index contributed by atoms with van der Waals surface area (Å²) in [6, 6.07) is 7.50. The third-order valence-electron chi connectivity index (χ3n) is 3.48. The van der Waals surface area contributed by atoms with E-state index < -0.39 is 0 Å². The molecule has 0 radical (unpaired) electrons. The van der Waals surface area contributed by atoms with Gasteiger partial charge in [0.25, 0.3) is 0 Å². The molecular weight excluding hydrogens is 318 g/mol. The Bertz CT molecular complexity index is 718. The smallest absolute Gasteiger partial charge is 0.318 e. The van der Waals surface area contributed by atoms with Crippen LogP contribution in [0.2, 0.25) is 0 Å². The van der Waals surface area contributed by atoms with E-state index in [1.54, 1.807) is 6.92 Å². The molecule has 1 aromatic heterocycles. The molecule has 0 fully saturated rings. The first-order valence-electron chi connectivity index (χ1n) is 7.12. The number of methoxy groups -OCH3 is 1. The van der Waals surface area contributed by atoms with Crippen molar-refractivity contribution < 1.29 is 19.0 Å². The van der Waals surface area contributed by atoms with Crippen molar-refractivity contribution in [1.82, 2.24) is 14.8 Å². The Morgan fingerprint density at radius 3 is 2.87 bits per heavy atom. The lowest BCUT2D eigenvalue weighted by Crippen LogP contribution is -2.24. The number of benzene rings is 1. The summed E-state index contributed by atoms with van der Waals surface area (Å²) in [7, 11) is 3.21. The Hall–Kier alpha value is -2.22. The number of carbonyl (C=O) groups is 1. The van der Waals surface area contributed by atoms with Crippen LogP contribution in [0.25, 0.3) is 0 Å². The van der Waals surface area contributed by atoms with Crippen LogP contribution >= 0.6 is 11.8 Å². The largest absolute Gasteiger partial charge is 0.485 e. The van der Waals surface area contributed by atoms with E-state index in [0.717, 1.165) is 5.75 Å². The van der Waals surface area contributed by atoms with Crippen molar-refractivity contribution in [2.75, 3.05) is 13.7 Å². The van der Waals surface area contributed by atoms with Crippen LogP contribution in [0.4, 0.5) is 0 Å². The highest BCUT2D eigenvalue weighted by molar-refractivity contribution is 8.00. The molecule has 23 heavy (non-hydrogen) atoms. The molecule has 0 N–H and O–H groups in total. The second kappa shape index (κ2) is 6.49. The Kier molecular flexibility index (Phi) is 4.42. The van der Waals surface area contributed by atoms with Gasteiger partial charge in [0.1, 0.15) is 11.9 Å². The van der Waals surface area contributed by atoms with Crippen LogP contribution in [0, 0.1) is 0 Å². The molecule has 0 aliphatic carbocycles. The van der Waals surface area contributed by atoms with Crippen molar-refractivity contribution in [3.8, 4) is 11.5 Å². The van der Waals surface area contributed by atoms with E-state index in [1.807, 2.05) is 35.9 Å². The Morgan fingerprint density at radius 1 is 1.39 bits per heavy atom. The highest BCUT2D eigenvalue weighted by atomic mass is 32.2. The van der Waals surface area contributed by atoms with E-state index in [-0.39, 0.29) is 17.3 Å². The van der Waals surface area contributed by atoms with E-state index in [4.69, 9.17) is 14.2 Å². The van der Waals surface area contributed by atoms with E-state index in [9.17, 15) is 4.79 Å². The molecule has 1 aliphatic rings. The van der Waals surface area contributed by atoms with Crippen LogP contribution in [-0.4, -0.2) is 39.7 Å². The molecule has 3 rings (SSSR count). The highest BCUT2D eigenvalue weighted by Gasteiger charge is 2.28. The average molecular weight is 335 g/mol. The predicted octanol–water partition coefficient (Wildman–Crippen LogP) is 1.98. The molecule has 0 spiro atoms. The van der Waals surface area contributed by atoms with Crippen LogP contribution in [0.3, 0.4) is 0 Å². The van der Waals surface area contributed by atoms with Crippen LogP contribution < -0.4 is 9.47 Å². The third-order valence-corrected chi connectivity index (χ3v) is 4.59. The lowest BCUT2D eigenvalue weighted by atomic mass is 10.2. The Labute approximate surface area is 137 Å². The van der Waals surface area contributed by atoms with Gasteiger partial charge in [0.05, 0.1) is 7.11 Å². The monoisotopic (exact) mass is 335 g/mol. The average Bonchev–Trinajstić information content (AvgIpc) is 2.94. The van der Waals surface area contributed by atoms with Gasteiger partial charge in [-0.05, 0) is 19.1 Å². The number of nitrogens with zero attached hydrogens (tertiary/aromatic N) is 3. The number of rotatable bonds is 4. The number of thioether (sulfide) groups is 1. The number of hydrogen-bond acceptors (Lipinski definition) is 7. The number of aromatic nitrogens is 3. The summed E-state index contributed by atoms with van der Waals surface area (Å²) in [6.07, 6.45) is -0.342. The standard InChI is InChI=1S/C15H17N3O4S/c1-9(14(19)20-3)23-15-17-16-13(18(15)2)12-8-21-10-6-4-5-7-11(10)22-12/h4-7,9,12H,8H2,1-3H3/t9-,12+/m0/s1. The first-order valence-corrected chi connectivity index (χ1v) is 8.00. The van der Waals surface area contributed by atoms with Crippen LogP contribution in [-0.2, 0) is 16.6 Å². The summed E-state index contributed by atoms with van der Waals surface area (Å²) in [4.78, 5) is 11.5. The minimum Gasteiger partial charge on any atom is -0.485 e. The van der Waals surface area contributed by atoms with Crippen molar-refractivity contribution in [1.29, 1.82) is 0 Å². The maximum absolute atomic E-state index is 11.5. The second-order valence-corrected chi connectivity index (χ2v) is 6.36. The molecule has 2 aromatic rings. The molecule has 7 nitrogen and oxygen atoms in total. The van der Waals surface area contributed by atoms with Gasteiger partial charge in [0, 0.05) is 7.05 Å². The molecule has 0 saturated carbocycles. The van der Waals surface area contributed by atoms with Crippen molar-refractivity contribution in [3.63, 3.8) is 0 Å². The fraction of sp³-hybridized carbons (Fsp3) is 0.400. The molecule has 0 amide bonds. The minimum atomic E-state index is -0.361. The van der Waals surface area contributed by atoms with E-state index >= 15 is 0 Å². The predicted molar refractivity (Wildman–Crippen MR) is 83.6 cm³/mol. The van der Waals surface area contributed by atoms with Gasteiger partial charge in [-0.3, -0.25) is 4.79 Å². The summed E-state index contributed by atoms with van der Waals surface area (Å²) in [5.41, 5.74) is 0. The number of fused-ring (bicyclic) bond motifs is 1. The van der Waals surface area contributed by atoms with E-state index in [0.29, 0.717) is 23.3 Å². The molecule has 2 heterocycles. The van der Waals surface area contributed by atoms with Gasteiger partial charge in [0.2, 0.25) is 0 Å². The number of ether oxygens (including phenoxy) is 3. The Morgan fingerprint density at radius 2 is 2.13 bits per heavy atom. The SMILES string of the molecule is COC(=O)[C@H](C)Sc1nnc([C@H]2COc3ccccc3O2)n1C. The van der Waals surface area contributed by atoms with Crippen LogP contribution in [0.1, 0.15) is 18.9 Å². The first-order chi connectivity index (χ1) is 11.1. The molecule has 0 unspecified atom stereocenters.